The molecule has 1 atom stereocenters. The van der Waals surface area contributed by atoms with E-state index in [4.69, 9.17) is 23.7 Å². The van der Waals surface area contributed by atoms with Gasteiger partial charge in [0.2, 0.25) is 5.75 Å². The summed E-state index contributed by atoms with van der Waals surface area (Å²) in [4.78, 5) is 11.6. The first-order chi connectivity index (χ1) is 15.4. The van der Waals surface area contributed by atoms with E-state index < -0.39 is 6.10 Å². The van der Waals surface area contributed by atoms with Gasteiger partial charge in [-0.15, -0.1) is 0 Å². The van der Waals surface area contributed by atoms with Crippen molar-refractivity contribution < 1.29 is 43.1 Å². The maximum absolute atomic E-state index is 11.6. The number of rotatable bonds is 10. The van der Waals surface area contributed by atoms with E-state index in [-0.39, 0.29) is 28.9 Å². The lowest BCUT2D eigenvalue weighted by atomic mass is 9.95. The van der Waals surface area contributed by atoms with Crippen molar-refractivity contribution in [2.45, 2.75) is 19.3 Å². The third-order valence-electron chi connectivity index (χ3n) is 4.69. The lowest BCUT2D eigenvalue weighted by Gasteiger charge is -2.21. The molecule has 0 saturated heterocycles. The Balaban J connectivity index is 0.000000751. The first kappa shape index (κ1) is 27.0. The number of aliphatic hydroxyl groups excluding tert-OH is 1. The Kier molecular flexibility index (Phi) is 11.3. The van der Waals surface area contributed by atoms with E-state index in [0.717, 1.165) is 0 Å². The summed E-state index contributed by atoms with van der Waals surface area (Å²) in [6.07, 6.45) is -0.598. The Bertz CT molecular complexity index is 863. The molecule has 2 aromatic carbocycles. The highest BCUT2D eigenvalue weighted by Crippen LogP contribution is 2.46. The number of hydrogen-bond donors (Lipinski definition) is 1. The van der Waals surface area contributed by atoms with E-state index in [0.29, 0.717) is 29.1 Å². The third kappa shape index (κ3) is 6.25. The van der Waals surface area contributed by atoms with Crippen LogP contribution >= 0.6 is 0 Å². The van der Waals surface area contributed by atoms with Crippen LogP contribution in [0.3, 0.4) is 0 Å². The van der Waals surface area contributed by atoms with Gasteiger partial charge >= 0.3 is 0 Å². The molecular weight excluding hydrogens is 420 g/mol. The van der Waals surface area contributed by atoms with E-state index in [1.807, 2.05) is 6.92 Å². The molecule has 32 heavy (non-hydrogen) atoms. The molecule has 0 radical (unpaired) electrons. The molecule has 0 bridgehead atoms. The van der Waals surface area contributed by atoms with Crippen LogP contribution in [0.25, 0.3) is 0 Å². The summed E-state index contributed by atoms with van der Waals surface area (Å²) in [6.45, 7) is 1.83. The Labute approximate surface area is 188 Å². The minimum atomic E-state index is -1.16. The predicted molar refractivity (Wildman–Crippen MR) is 119 cm³/mol. The fraction of sp³-hybridized carbons (Fsp3) is 0.435. The summed E-state index contributed by atoms with van der Waals surface area (Å²) in [5.41, 5.74) is 0.991. The van der Waals surface area contributed by atoms with Gasteiger partial charge in [0.05, 0.1) is 35.5 Å². The van der Waals surface area contributed by atoms with Crippen LogP contribution in [0.15, 0.2) is 24.3 Å². The van der Waals surface area contributed by atoms with Gasteiger partial charge in [-0.2, -0.15) is 0 Å². The molecule has 0 aliphatic rings. The number of aliphatic hydroxyl groups is 1. The van der Waals surface area contributed by atoms with Crippen LogP contribution < -0.4 is 23.7 Å². The fourth-order valence-electron chi connectivity index (χ4n) is 2.86. The van der Waals surface area contributed by atoms with Crippen molar-refractivity contribution in [1.82, 2.24) is 0 Å². The minimum absolute atomic E-state index is 0.0648. The number of carbonyl (C=O) groups excluding carboxylic acids is 1. The monoisotopic (exact) mass is 452 g/mol. The van der Waals surface area contributed by atoms with Crippen molar-refractivity contribution in [1.29, 1.82) is 0 Å². The molecule has 0 fully saturated rings. The van der Waals surface area contributed by atoms with Gasteiger partial charge in [0.15, 0.2) is 35.6 Å². The topological polar surface area (TPSA) is 102 Å². The molecule has 9 heteroatoms. The van der Waals surface area contributed by atoms with Crippen molar-refractivity contribution in [3.63, 3.8) is 0 Å². The van der Waals surface area contributed by atoms with Crippen molar-refractivity contribution in [3.05, 3.63) is 41.0 Å². The average molecular weight is 453 g/mol. The van der Waals surface area contributed by atoms with Crippen molar-refractivity contribution in [3.8, 4) is 28.7 Å². The van der Waals surface area contributed by atoms with Gasteiger partial charge in [0.25, 0.3) is 0 Å². The molecule has 0 spiro atoms. The first-order valence-electron chi connectivity index (χ1n) is 9.60. The zero-order valence-corrected chi connectivity index (χ0v) is 19.8. The van der Waals surface area contributed by atoms with Gasteiger partial charge in [-0.1, -0.05) is 6.07 Å². The van der Waals surface area contributed by atoms with E-state index in [1.54, 1.807) is 32.4 Å². The van der Waals surface area contributed by atoms with Crippen molar-refractivity contribution in [2.75, 3.05) is 49.8 Å². The van der Waals surface area contributed by atoms with Gasteiger partial charge in [-0.25, -0.2) is 0 Å². The number of benzene rings is 2. The van der Waals surface area contributed by atoms with Crippen LogP contribution in [-0.4, -0.2) is 67.5 Å². The van der Waals surface area contributed by atoms with Gasteiger partial charge in [0, 0.05) is 25.3 Å². The summed E-state index contributed by atoms with van der Waals surface area (Å²) >= 11 is 0. The molecule has 0 aliphatic carbocycles. The Morgan fingerprint density at radius 1 is 0.750 bits per heavy atom. The second-order valence-corrected chi connectivity index (χ2v) is 6.32. The molecule has 0 saturated carbocycles. The largest absolute Gasteiger partial charge is 0.493 e. The van der Waals surface area contributed by atoms with Gasteiger partial charge in [0.1, 0.15) is 6.10 Å². The average Bonchev–Trinajstić information content (AvgIpc) is 2.85. The molecule has 178 valence electrons. The summed E-state index contributed by atoms with van der Waals surface area (Å²) in [7, 11) is 10.6. The van der Waals surface area contributed by atoms with Crippen LogP contribution in [0.5, 0.6) is 28.7 Å². The molecule has 2 aromatic rings. The number of methoxy groups -OCH3 is 7. The lowest BCUT2D eigenvalue weighted by molar-refractivity contribution is -0.0877. The van der Waals surface area contributed by atoms with Crippen LogP contribution in [0.1, 0.15) is 34.5 Å². The van der Waals surface area contributed by atoms with Crippen molar-refractivity contribution >= 4 is 6.29 Å². The highest BCUT2D eigenvalue weighted by molar-refractivity contribution is 5.82. The summed E-state index contributed by atoms with van der Waals surface area (Å²) < 4.78 is 35.8. The highest BCUT2D eigenvalue weighted by Gasteiger charge is 2.27. The minimum Gasteiger partial charge on any atom is -0.493 e. The summed E-state index contributed by atoms with van der Waals surface area (Å²) in [5, 5.41) is 11.0. The van der Waals surface area contributed by atoms with Gasteiger partial charge in [-0.3, -0.25) is 4.79 Å². The van der Waals surface area contributed by atoms with Crippen LogP contribution in [-0.2, 0) is 9.47 Å². The maximum atomic E-state index is 11.6. The number of ether oxygens (including phenoxy) is 7. The van der Waals surface area contributed by atoms with Crippen molar-refractivity contribution in [2.24, 2.45) is 0 Å². The predicted octanol–water partition coefficient (Wildman–Crippen LogP) is 3.25. The Morgan fingerprint density at radius 3 is 1.72 bits per heavy atom. The lowest BCUT2D eigenvalue weighted by Crippen LogP contribution is -2.09. The standard InChI is InChI=1S/C19H22O7.C4H10O2/c1-22-13-7-6-11(8-14(13)23-2)17(21)16-12(10-20)9-15(24-3)18(25-4)19(16)26-5;1-4(5-2)6-3/h6-10,17,21H,1-5H3;4H,1-3H3. The quantitative estimate of drug-likeness (QED) is 0.430. The maximum Gasteiger partial charge on any atom is 0.203 e. The zero-order valence-electron chi connectivity index (χ0n) is 19.8. The van der Waals surface area contributed by atoms with Gasteiger partial charge in [-0.05, 0) is 30.7 Å². The SMILES string of the molecule is COC(C)OC.COc1ccc(C(O)c2c(C=O)cc(OC)c(OC)c2OC)cc1OC. The van der Waals surface area contributed by atoms with Crippen LogP contribution in [0.4, 0.5) is 0 Å². The van der Waals surface area contributed by atoms with Gasteiger partial charge < -0.3 is 38.3 Å². The highest BCUT2D eigenvalue weighted by atomic mass is 16.7. The van der Waals surface area contributed by atoms with Crippen LogP contribution in [0.2, 0.25) is 0 Å². The Morgan fingerprint density at radius 2 is 1.31 bits per heavy atom. The summed E-state index contributed by atoms with van der Waals surface area (Å²) in [5.74, 6) is 1.82. The molecule has 0 heterocycles. The zero-order chi connectivity index (χ0) is 24.3. The molecule has 0 aromatic heterocycles. The summed E-state index contributed by atoms with van der Waals surface area (Å²) in [6, 6.07) is 6.48. The normalized spacial score (nSPS) is 11.2. The van der Waals surface area contributed by atoms with E-state index in [1.165, 1.54) is 41.6 Å². The third-order valence-corrected chi connectivity index (χ3v) is 4.69. The second kappa shape index (κ2) is 13.4. The molecule has 2 rings (SSSR count). The fourth-order valence-corrected chi connectivity index (χ4v) is 2.86. The molecule has 0 aliphatic heterocycles. The first-order valence-corrected chi connectivity index (χ1v) is 9.60. The van der Waals surface area contributed by atoms with Crippen LogP contribution in [0, 0.1) is 0 Å². The Hall–Kier alpha value is -3.01. The molecular formula is C23H32O9. The van der Waals surface area contributed by atoms with E-state index in [2.05, 4.69) is 9.47 Å². The number of hydrogen-bond acceptors (Lipinski definition) is 9. The number of carbonyl (C=O) groups is 1. The molecule has 1 N–H and O–H groups in total. The molecule has 1 unspecified atom stereocenters. The second-order valence-electron chi connectivity index (χ2n) is 6.32. The van der Waals surface area contributed by atoms with E-state index >= 15 is 0 Å². The number of aldehydes is 1. The molecule has 0 amide bonds. The molecule has 9 nitrogen and oxygen atoms in total. The smallest absolute Gasteiger partial charge is 0.203 e. The van der Waals surface area contributed by atoms with E-state index in [9.17, 15) is 9.90 Å².